The fourth-order valence-electron chi connectivity index (χ4n) is 0.190. The molecule has 0 rings (SSSR count). The summed E-state index contributed by atoms with van der Waals surface area (Å²) in [7, 11) is 0. The van der Waals surface area contributed by atoms with Gasteiger partial charge in [0, 0.05) is 4.91 Å². The van der Waals surface area contributed by atoms with Crippen LogP contribution in [0.2, 0.25) is 0 Å². The normalized spacial score (nSPS) is 11.0. The Hall–Kier alpha value is -0.380. The molecule has 0 fully saturated rings. The first-order chi connectivity index (χ1) is 3.95. The summed E-state index contributed by atoms with van der Waals surface area (Å²) in [5.41, 5.74) is -4.23. The molecule has 0 atom stereocenters. The van der Waals surface area contributed by atoms with Gasteiger partial charge in [-0.15, -0.1) is 0 Å². The average molecular weight is 154 g/mol. The molecule has 0 saturated carbocycles. The third-order valence-electron chi connectivity index (χ3n) is 0.474. The maximum Gasteiger partial charge on any atom is 0.446 e. The Morgan fingerprint density at radius 3 is 2.00 bits per heavy atom. The van der Waals surface area contributed by atoms with Gasteiger partial charge in [0.1, 0.15) is 0 Å². The van der Waals surface area contributed by atoms with Gasteiger partial charge in [0.25, 0.3) is 0 Å². The summed E-state index contributed by atoms with van der Waals surface area (Å²) < 4.78 is 34.0. The van der Waals surface area contributed by atoms with Crippen LogP contribution in [0.4, 0.5) is 13.2 Å². The average Bonchev–Trinajstić information content (AvgIpc) is 1.62. The number of thioether (sulfide) groups is 1. The summed E-state index contributed by atoms with van der Waals surface area (Å²) in [5.74, 6) is 0. The zero-order chi connectivity index (χ0) is 7.49. The molecule has 0 unspecified atom stereocenters. The van der Waals surface area contributed by atoms with Gasteiger partial charge < -0.3 is 0 Å². The van der Waals surface area contributed by atoms with Crippen LogP contribution in [-0.4, -0.2) is 5.51 Å². The Morgan fingerprint density at radius 2 is 1.89 bits per heavy atom. The van der Waals surface area contributed by atoms with Crippen LogP contribution in [0.5, 0.6) is 0 Å². The van der Waals surface area contributed by atoms with Gasteiger partial charge in [-0.25, -0.2) is 0 Å². The number of halogens is 3. The maximum absolute atomic E-state index is 11.3. The Kier molecular flexibility index (Phi) is 2.84. The molecule has 9 heavy (non-hydrogen) atoms. The van der Waals surface area contributed by atoms with Gasteiger partial charge in [-0.3, -0.25) is 0 Å². The molecule has 0 radical (unpaired) electrons. The van der Waals surface area contributed by atoms with Crippen molar-refractivity contribution >= 4 is 11.8 Å². The Bertz CT molecular complexity index is 125. The lowest BCUT2D eigenvalue weighted by Gasteiger charge is -2.02. The van der Waals surface area contributed by atoms with E-state index in [1.54, 1.807) is 0 Å². The van der Waals surface area contributed by atoms with Crippen LogP contribution < -0.4 is 0 Å². The molecule has 0 aromatic rings. The smallest absolute Gasteiger partial charge is 0.160 e. The second kappa shape index (κ2) is 2.96. The Balaban J connectivity index is 3.74. The molecule has 0 spiro atoms. The first kappa shape index (κ1) is 8.62. The standard InChI is InChI=1S/C5H5F3S/c1-3-4(2)9-5(6,7)8/h3H,1-2H2. The highest BCUT2D eigenvalue weighted by Gasteiger charge is 2.28. The molecule has 0 aliphatic rings. The third kappa shape index (κ3) is 5.49. The highest BCUT2D eigenvalue weighted by Crippen LogP contribution is 2.35. The van der Waals surface area contributed by atoms with Crippen LogP contribution >= 0.6 is 11.8 Å². The number of rotatable bonds is 2. The highest BCUT2D eigenvalue weighted by molar-refractivity contribution is 8.04. The zero-order valence-electron chi connectivity index (χ0n) is 4.53. The van der Waals surface area contributed by atoms with Crippen molar-refractivity contribution in [1.29, 1.82) is 0 Å². The van der Waals surface area contributed by atoms with E-state index in [9.17, 15) is 13.2 Å². The fourth-order valence-corrected chi connectivity index (χ4v) is 0.571. The van der Waals surface area contributed by atoms with E-state index in [4.69, 9.17) is 0 Å². The van der Waals surface area contributed by atoms with E-state index in [0.717, 1.165) is 6.08 Å². The van der Waals surface area contributed by atoms with E-state index >= 15 is 0 Å². The van der Waals surface area contributed by atoms with Crippen LogP contribution in [0.25, 0.3) is 0 Å². The summed E-state index contributed by atoms with van der Waals surface area (Å²) in [4.78, 5) is -0.0810. The predicted octanol–water partition coefficient (Wildman–Crippen LogP) is 2.94. The van der Waals surface area contributed by atoms with Crippen LogP contribution in [0.1, 0.15) is 0 Å². The van der Waals surface area contributed by atoms with E-state index in [1.165, 1.54) is 0 Å². The summed E-state index contributed by atoms with van der Waals surface area (Å²) >= 11 is -0.256. The quantitative estimate of drug-likeness (QED) is 0.551. The van der Waals surface area contributed by atoms with Crippen molar-refractivity contribution < 1.29 is 13.2 Å². The minimum absolute atomic E-state index is 0.0810. The number of hydrogen-bond donors (Lipinski definition) is 0. The van der Waals surface area contributed by atoms with Gasteiger partial charge in [-0.1, -0.05) is 19.2 Å². The molecule has 0 aromatic heterocycles. The van der Waals surface area contributed by atoms with Crippen LogP contribution in [0, 0.1) is 0 Å². The Labute approximate surface area is 55.4 Å². The van der Waals surface area contributed by atoms with Crippen LogP contribution in [-0.2, 0) is 0 Å². The molecule has 0 heterocycles. The molecule has 0 nitrogen and oxygen atoms in total. The summed E-state index contributed by atoms with van der Waals surface area (Å²) in [6.07, 6.45) is 1.07. The van der Waals surface area contributed by atoms with E-state index in [0.29, 0.717) is 0 Å². The lowest BCUT2D eigenvalue weighted by Crippen LogP contribution is -1.98. The number of alkyl halides is 3. The molecule has 0 aliphatic heterocycles. The second-order valence-electron chi connectivity index (χ2n) is 1.22. The molecular formula is C5H5F3S. The van der Waals surface area contributed by atoms with E-state index in [-0.39, 0.29) is 16.7 Å². The largest absolute Gasteiger partial charge is 0.446 e. The van der Waals surface area contributed by atoms with Crippen molar-refractivity contribution in [2.24, 2.45) is 0 Å². The van der Waals surface area contributed by atoms with Gasteiger partial charge in [0.05, 0.1) is 0 Å². The molecule has 0 aliphatic carbocycles. The lowest BCUT2D eigenvalue weighted by molar-refractivity contribution is -0.0321. The van der Waals surface area contributed by atoms with Crippen molar-refractivity contribution in [2.75, 3.05) is 0 Å². The molecule has 0 N–H and O–H groups in total. The minimum atomic E-state index is -4.23. The summed E-state index contributed by atoms with van der Waals surface area (Å²) in [6.45, 7) is 6.21. The predicted molar refractivity (Wildman–Crippen MR) is 33.0 cm³/mol. The van der Waals surface area contributed by atoms with Crippen molar-refractivity contribution in [3.63, 3.8) is 0 Å². The topological polar surface area (TPSA) is 0 Å². The lowest BCUT2D eigenvalue weighted by atomic mass is 10.6. The van der Waals surface area contributed by atoms with Crippen LogP contribution in [0.3, 0.4) is 0 Å². The SMILES string of the molecule is C=CC(=C)SC(F)(F)F. The molecule has 0 aromatic carbocycles. The van der Waals surface area contributed by atoms with E-state index in [1.807, 2.05) is 0 Å². The van der Waals surface area contributed by atoms with Crippen molar-refractivity contribution in [2.45, 2.75) is 5.51 Å². The van der Waals surface area contributed by atoms with Gasteiger partial charge in [-0.2, -0.15) is 13.2 Å². The van der Waals surface area contributed by atoms with E-state index in [2.05, 4.69) is 13.2 Å². The molecule has 4 heteroatoms. The van der Waals surface area contributed by atoms with Crippen molar-refractivity contribution in [3.05, 3.63) is 24.1 Å². The van der Waals surface area contributed by atoms with Crippen LogP contribution in [0.15, 0.2) is 24.1 Å². The highest BCUT2D eigenvalue weighted by atomic mass is 32.2. The number of hydrogen-bond acceptors (Lipinski definition) is 1. The van der Waals surface area contributed by atoms with Gasteiger partial charge in [0.2, 0.25) is 0 Å². The van der Waals surface area contributed by atoms with Crippen molar-refractivity contribution in [1.82, 2.24) is 0 Å². The fraction of sp³-hybridized carbons (Fsp3) is 0.200. The minimum Gasteiger partial charge on any atom is -0.160 e. The third-order valence-corrected chi connectivity index (χ3v) is 1.13. The monoisotopic (exact) mass is 154 g/mol. The molecular weight excluding hydrogens is 149 g/mol. The summed E-state index contributed by atoms with van der Waals surface area (Å²) in [5, 5.41) is 0. The number of allylic oxidation sites excluding steroid dienone is 1. The zero-order valence-corrected chi connectivity index (χ0v) is 5.35. The maximum atomic E-state index is 11.3. The molecule has 0 amide bonds. The van der Waals surface area contributed by atoms with Crippen molar-refractivity contribution in [3.8, 4) is 0 Å². The van der Waals surface area contributed by atoms with E-state index < -0.39 is 5.51 Å². The molecule has 0 saturated heterocycles. The second-order valence-corrected chi connectivity index (χ2v) is 2.41. The van der Waals surface area contributed by atoms with Gasteiger partial charge >= 0.3 is 5.51 Å². The van der Waals surface area contributed by atoms with Gasteiger partial charge in [-0.05, 0) is 11.8 Å². The molecule has 52 valence electrons. The van der Waals surface area contributed by atoms with Gasteiger partial charge in [0.15, 0.2) is 0 Å². The first-order valence-corrected chi connectivity index (χ1v) is 2.84. The molecule has 0 bridgehead atoms. The first-order valence-electron chi connectivity index (χ1n) is 2.03. The summed E-state index contributed by atoms with van der Waals surface area (Å²) in [6, 6.07) is 0. The Morgan fingerprint density at radius 1 is 1.44 bits per heavy atom.